The van der Waals surface area contributed by atoms with E-state index in [-0.39, 0.29) is 10.9 Å². The summed E-state index contributed by atoms with van der Waals surface area (Å²) in [4.78, 5) is 6.02. The van der Waals surface area contributed by atoms with Crippen LogP contribution in [0.2, 0.25) is 0 Å². The first-order chi connectivity index (χ1) is 12.0. The molecule has 25 heavy (non-hydrogen) atoms. The third-order valence-electron chi connectivity index (χ3n) is 4.06. The van der Waals surface area contributed by atoms with Gasteiger partial charge in [0, 0.05) is 36.4 Å². The lowest BCUT2D eigenvalue weighted by Crippen LogP contribution is -2.36. The normalized spacial score (nSPS) is 17.4. The highest BCUT2D eigenvalue weighted by molar-refractivity contribution is 7.89. The monoisotopic (exact) mass is 377 g/mol. The number of thiazole rings is 1. The van der Waals surface area contributed by atoms with E-state index in [0.29, 0.717) is 31.6 Å². The zero-order valence-electron chi connectivity index (χ0n) is 13.8. The molecule has 1 aromatic carbocycles. The van der Waals surface area contributed by atoms with Gasteiger partial charge in [0.15, 0.2) is 6.19 Å². The zero-order valence-corrected chi connectivity index (χ0v) is 15.4. The average Bonchev–Trinajstić information content (AvgIpc) is 3.25. The van der Waals surface area contributed by atoms with Crippen LogP contribution >= 0.6 is 11.3 Å². The summed E-state index contributed by atoms with van der Waals surface area (Å²) >= 11 is 1.54. The zero-order chi connectivity index (χ0) is 17.9. The molecular formula is C16H19N5O2S2. The quantitative estimate of drug-likeness (QED) is 0.746. The Morgan fingerprint density at radius 1 is 1.48 bits per heavy atom. The Kier molecular flexibility index (Phi) is 5.22. The lowest BCUT2D eigenvalue weighted by atomic mass is 10.2. The summed E-state index contributed by atoms with van der Waals surface area (Å²) in [5, 5.41) is 14.9. The van der Waals surface area contributed by atoms with Crippen LogP contribution in [0.15, 0.2) is 34.7 Å². The van der Waals surface area contributed by atoms with Crippen molar-refractivity contribution < 1.29 is 8.42 Å². The van der Waals surface area contributed by atoms with Gasteiger partial charge in [0.25, 0.3) is 0 Å². The molecule has 0 amide bonds. The molecule has 1 aliphatic heterocycles. The number of nitriles is 1. The first-order valence-electron chi connectivity index (χ1n) is 7.88. The predicted molar refractivity (Wildman–Crippen MR) is 96.5 cm³/mol. The molecule has 2 N–H and O–H groups in total. The molecule has 1 fully saturated rings. The SMILES string of the molecule is Cc1ccc(NCc2nccs2)cc1S(=O)(=O)N[C@@H]1CCN(C#N)C1. The highest BCUT2D eigenvalue weighted by Crippen LogP contribution is 2.22. The smallest absolute Gasteiger partial charge is 0.241 e. The fraction of sp³-hybridized carbons (Fsp3) is 0.375. The Labute approximate surface area is 151 Å². The van der Waals surface area contributed by atoms with E-state index in [4.69, 9.17) is 5.26 Å². The van der Waals surface area contributed by atoms with Gasteiger partial charge < -0.3 is 10.2 Å². The predicted octanol–water partition coefficient (Wildman–Crippen LogP) is 1.90. The lowest BCUT2D eigenvalue weighted by Gasteiger charge is -2.15. The summed E-state index contributed by atoms with van der Waals surface area (Å²) in [5.41, 5.74) is 1.41. The molecule has 0 bridgehead atoms. The second-order valence-electron chi connectivity index (χ2n) is 5.91. The molecule has 1 atom stereocenters. The molecule has 132 valence electrons. The second kappa shape index (κ2) is 7.39. The van der Waals surface area contributed by atoms with Gasteiger partial charge in [-0.1, -0.05) is 6.07 Å². The summed E-state index contributed by atoms with van der Waals surface area (Å²) in [5.74, 6) is 0. The van der Waals surface area contributed by atoms with Crippen LogP contribution in [-0.2, 0) is 16.6 Å². The van der Waals surface area contributed by atoms with Crippen molar-refractivity contribution in [2.45, 2.75) is 30.8 Å². The fourth-order valence-corrected chi connectivity index (χ4v) is 4.84. The maximum Gasteiger partial charge on any atom is 0.241 e. The van der Waals surface area contributed by atoms with Crippen molar-refractivity contribution >= 4 is 27.0 Å². The number of benzene rings is 1. The Hall–Kier alpha value is -2.15. The molecule has 0 aliphatic carbocycles. The van der Waals surface area contributed by atoms with E-state index in [1.54, 1.807) is 41.5 Å². The van der Waals surface area contributed by atoms with E-state index in [2.05, 4.69) is 21.2 Å². The number of aryl methyl sites for hydroxylation is 1. The van der Waals surface area contributed by atoms with Crippen LogP contribution < -0.4 is 10.0 Å². The van der Waals surface area contributed by atoms with Crippen molar-refractivity contribution in [3.63, 3.8) is 0 Å². The first-order valence-corrected chi connectivity index (χ1v) is 10.2. The summed E-state index contributed by atoms with van der Waals surface area (Å²) < 4.78 is 28.2. The van der Waals surface area contributed by atoms with Gasteiger partial charge in [-0.15, -0.1) is 11.3 Å². The average molecular weight is 377 g/mol. The Balaban J connectivity index is 1.73. The first kappa shape index (κ1) is 17.7. The van der Waals surface area contributed by atoms with Crippen LogP contribution in [0.5, 0.6) is 0 Å². The molecule has 1 aromatic heterocycles. The number of rotatable bonds is 6. The minimum Gasteiger partial charge on any atom is -0.378 e. The summed E-state index contributed by atoms with van der Waals surface area (Å²) in [6.07, 6.45) is 4.43. The number of nitrogens with one attached hydrogen (secondary N) is 2. The fourth-order valence-electron chi connectivity index (χ4n) is 2.75. The van der Waals surface area contributed by atoms with Crippen molar-refractivity contribution in [1.29, 1.82) is 5.26 Å². The molecule has 2 aromatic rings. The van der Waals surface area contributed by atoms with Crippen molar-refractivity contribution in [3.8, 4) is 6.19 Å². The standard InChI is InChI=1S/C16H19N5O2S2/c1-12-2-3-13(19-9-16-18-5-7-24-16)8-15(12)25(22,23)20-14-4-6-21(10-14)11-17/h2-3,5,7-8,14,19-20H,4,6,9-10H2,1H3/t14-/m1/s1. The van der Waals surface area contributed by atoms with Crippen LogP contribution in [0.1, 0.15) is 17.0 Å². The van der Waals surface area contributed by atoms with Gasteiger partial charge >= 0.3 is 0 Å². The number of nitrogens with zero attached hydrogens (tertiary/aromatic N) is 3. The number of anilines is 1. The molecule has 3 rings (SSSR count). The van der Waals surface area contributed by atoms with Crippen molar-refractivity contribution in [2.24, 2.45) is 0 Å². The van der Waals surface area contributed by atoms with Crippen LogP contribution in [0.25, 0.3) is 0 Å². The molecule has 0 radical (unpaired) electrons. The van der Waals surface area contributed by atoms with E-state index < -0.39 is 10.0 Å². The minimum absolute atomic E-state index is 0.240. The third kappa shape index (κ3) is 4.28. The van der Waals surface area contributed by atoms with Gasteiger partial charge in [-0.05, 0) is 31.0 Å². The summed E-state index contributed by atoms with van der Waals surface area (Å²) in [6, 6.07) is 5.04. The Morgan fingerprint density at radius 2 is 2.32 bits per heavy atom. The summed E-state index contributed by atoms with van der Waals surface area (Å²) in [7, 11) is -3.64. The molecule has 0 saturated carbocycles. The van der Waals surface area contributed by atoms with Crippen LogP contribution in [0, 0.1) is 18.4 Å². The van der Waals surface area contributed by atoms with Crippen LogP contribution in [-0.4, -0.2) is 37.4 Å². The number of hydrogen-bond donors (Lipinski definition) is 2. The minimum atomic E-state index is -3.64. The number of likely N-dealkylation sites (tertiary alicyclic amines) is 1. The van der Waals surface area contributed by atoms with Gasteiger partial charge in [-0.2, -0.15) is 5.26 Å². The number of aromatic nitrogens is 1. The van der Waals surface area contributed by atoms with Crippen molar-refractivity contribution in [1.82, 2.24) is 14.6 Å². The highest BCUT2D eigenvalue weighted by Gasteiger charge is 2.27. The van der Waals surface area contributed by atoms with Gasteiger partial charge in [0.1, 0.15) is 5.01 Å². The van der Waals surface area contributed by atoms with Gasteiger partial charge in [0.2, 0.25) is 10.0 Å². The number of hydrogen-bond acceptors (Lipinski definition) is 7. The van der Waals surface area contributed by atoms with Crippen LogP contribution in [0.3, 0.4) is 0 Å². The maximum absolute atomic E-state index is 12.7. The summed E-state index contributed by atoms with van der Waals surface area (Å²) in [6.45, 7) is 3.32. The van der Waals surface area contributed by atoms with Crippen molar-refractivity contribution in [2.75, 3.05) is 18.4 Å². The van der Waals surface area contributed by atoms with E-state index in [1.807, 2.05) is 11.4 Å². The highest BCUT2D eigenvalue weighted by atomic mass is 32.2. The molecule has 0 spiro atoms. The topological polar surface area (TPSA) is 98.1 Å². The van der Waals surface area contributed by atoms with E-state index in [9.17, 15) is 8.42 Å². The Morgan fingerprint density at radius 3 is 3.00 bits per heavy atom. The molecule has 2 heterocycles. The molecule has 0 unspecified atom stereocenters. The second-order valence-corrected chi connectivity index (χ2v) is 8.57. The van der Waals surface area contributed by atoms with Crippen LogP contribution in [0.4, 0.5) is 5.69 Å². The molecular weight excluding hydrogens is 358 g/mol. The molecule has 9 heteroatoms. The van der Waals surface area contributed by atoms with Crippen molar-refractivity contribution in [3.05, 3.63) is 40.3 Å². The molecule has 1 saturated heterocycles. The van der Waals surface area contributed by atoms with Gasteiger partial charge in [0.05, 0.1) is 11.4 Å². The lowest BCUT2D eigenvalue weighted by molar-refractivity contribution is 0.470. The van der Waals surface area contributed by atoms with Gasteiger partial charge in [-0.25, -0.2) is 18.1 Å². The molecule has 1 aliphatic rings. The van der Waals surface area contributed by atoms with E-state index in [0.717, 1.165) is 10.7 Å². The largest absolute Gasteiger partial charge is 0.378 e. The maximum atomic E-state index is 12.7. The third-order valence-corrected chi connectivity index (χ3v) is 6.50. The molecule has 7 nitrogen and oxygen atoms in total. The number of sulfonamides is 1. The Bertz CT molecular complexity index is 874. The van der Waals surface area contributed by atoms with E-state index >= 15 is 0 Å². The van der Waals surface area contributed by atoms with Gasteiger partial charge in [-0.3, -0.25) is 0 Å². The van der Waals surface area contributed by atoms with E-state index in [1.165, 1.54) is 0 Å².